The molecule has 1 heterocycles. The van der Waals surface area contributed by atoms with Crippen molar-refractivity contribution in [3.05, 3.63) is 0 Å². The third-order valence-corrected chi connectivity index (χ3v) is 3.49. The Bertz CT molecular complexity index is 320. The predicted octanol–water partition coefficient (Wildman–Crippen LogP) is 1.14. The van der Waals surface area contributed by atoms with Gasteiger partial charge in [0.15, 0.2) is 0 Å². The number of amides is 2. The van der Waals surface area contributed by atoms with Gasteiger partial charge < -0.3 is 20.0 Å². The molecule has 1 aliphatic heterocycles. The third-order valence-electron chi connectivity index (χ3n) is 3.49. The Balaban J connectivity index is 2.77. The second kappa shape index (κ2) is 7.33. The number of carbonyl (C=O) groups is 2. The quantitative estimate of drug-likeness (QED) is 0.786. The van der Waals surface area contributed by atoms with Gasteiger partial charge in [0.2, 0.25) is 0 Å². The van der Waals surface area contributed by atoms with E-state index in [0.29, 0.717) is 6.54 Å². The highest BCUT2D eigenvalue weighted by Crippen LogP contribution is 2.21. The molecule has 19 heavy (non-hydrogen) atoms. The van der Waals surface area contributed by atoms with Crippen LogP contribution in [0, 0.1) is 0 Å². The number of nitrogens with zero attached hydrogens (tertiary/aromatic N) is 2. The molecule has 0 spiro atoms. The topological polar surface area (TPSA) is 81.1 Å². The summed E-state index contributed by atoms with van der Waals surface area (Å²) in [5.74, 6) is -0.872. The molecule has 1 unspecified atom stereocenters. The van der Waals surface area contributed by atoms with E-state index in [4.69, 9.17) is 10.2 Å². The van der Waals surface area contributed by atoms with Crippen LogP contribution in [0.4, 0.5) is 4.79 Å². The van der Waals surface area contributed by atoms with Gasteiger partial charge in [0, 0.05) is 25.2 Å². The fraction of sp³-hybridized carbons (Fsp3) is 0.846. The fourth-order valence-corrected chi connectivity index (χ4v) is 2.51. The van der Waals surface area contributed by atoms with Crippen molar-refractivity contribution in [1.29, 1.82) is 0 Å². The average Bonchev–Trinajstić information content (AvgIpc) is 2.34. The van der Waals surface area contributed by atoms with Crippen LogP contribution in [0.2, 0.25) is 0 Å². The number of likely N-dealkylation sites (tertiary alicyclic amines) is 1. The van der Waals surface area contributed by atoms with Crippen LogP contribution in [-0.2, 0) is 4.79 Å². The van der Waals surface area contributed by atoms with Crippen LogP contribution in [-0.4, -0.2) is 63.8 Å². The van der Waals surface area contributed by atoms with Crippen LogP contribution in [0.5, 0.6) is 0 Å². The Labute approximate surface area is 114 Å². The minimum absolute atomic E-state index is 0.00317. The third kappa shape index (κ3) is 4.38. The molecule has 1 fully saturated rings. The zero-order chi connectivity index (χ0) is 14.4. The van der Waals surface area contributed by atoms with Gasteiger partial charge in [-0.15, -0.1) is 0 Å². The maximum Gasteiger partial charge on any atom is 0.320 e. The normalized spacial score (nSPS) is 19.6. The minimum Gasteiger partial charge on any atom is -0.481 e. The van der Waals surface area contributed by atoms with Crippen molar-refractivity contribution < 1.29 is 19.8 Å². The number of hydrogen-bond donors (Lipinski definition) is 2. The first-order chi connectivity index (χ1) is 8.97. The van der Waals surface area contributed by atoms with Crippen molar-refractivity contribution in [2.75, 3.05) is 19.7 Å². The molecule has 6 heteroatoms. The van der Waals surface area contributed by atoms with Crippen molar-refractivity contribution in [3.8, 4) is 0 Å². The Morgan fingerprint density at radius 2 is 2.05 bits per heavy atom. The lowest BCUT2D eigenvalue weighted by Gasteiger charge is -2.39. The van der Waals surface area contributed by atoms with Crippen molar-refractivity contribution in [3.63, 3.8) is 0 Å². The van der Waals surface area contributed by atoms with Crippen molar-refractivity contribution in [2.24, 2.45) is 0 Å². The smallest absolute Gasteiger partial charge is 0.320 e. The highest BCUT2D eigenvalue weighted by atomic mass is 16.4. The maximum absolute atomic E-state index is 12.5. The molecule has 2 amide bonds. The molecule has 0 aromatic rings. The molecule has 0 aliphatic carbocycles. The Hall–Kier alpha value is -1.30. The Morgan fingerprint density at radius 3 is 2.58 bits per heavy atom. The van der Waals surface area contributed by atoms with Crippen LogP contribution >= 0.6 is 0 Å². The van der Waals surface area contributed by atoms with E-state index in [1.807, 2.05) is 13.8 Å². The summed E-state index contributed by atoms with van der Waals surface area (Å²) in [6.45, 7) is 4.59. The summed E-state index contributed by atoms with van der Waals surface area (Å²) in [5, 5.41) is 18.0. The van der Waals surface area contributed by atoms with Gasteiger partial charge in [-0.25, -0.2) is 4.79 Å². The van der Waals surface area contributed by atoms with Gasteiger partial charge >= 0.3 is 12.0 Å². The van der Waals surface area contributed by atoms with Crippen LogP contribution in [0.25, 0.3) is 0 Å². The highest BCUT2D eigenvalue weighted by Gasteiger charge is 2.31. The molecule has 0 saturated carbocycles. The number of aliphatic carboxylic acids is 1. The Kier molecular flexibility index (Phi) is 6.08. The van der Waals surface area contributed by atoms with E-state index in [-0.39, 0.29) is 37.7 Å². The predicted molar refractivity (Wildman–Crippen MR) is 70.9 cm³/mol. The van der Waals surface area contributed by atoms with Gasteiger partial charge in [-0.3, -0.25) is 4.79 Å². The monoisotopic (exact) mass is 272 g/mol. The largest absolute Gasteiger partial charge is 0.481 e. The number of carboxylic acids is 1. The summed E-state index contributed by atoms with van der Waals surface area (Å²) in [6.07, 6.45) is 2.61. The van der Waals surface area contributed by atoms with E-state index in [1.54, 1.807) is 9.80 Å². The van der Waals surface area contributed by atoms with E-state index >= 15 is 0 Å². The molecule has 0 aromatic heterocycles. The summed E-state index contributed by atoms with van der Waals surface area (Å²) < 4.78 is 0. The number of carbonyl (C=O) groups excluding carboxylic acids is 1. The number of carboxylic acid groups (broad SMARTS) is 1. The van der Waals surface area contributed by atoms with E-state index in [2.05, 4.69) is 0 Å². The van der Waals surface area contributed by atoms with Crippen molar-refractivity contribution >= 4 is 12.0 Å². The van der Waals surface area contributed by atoms with Gasteiger partial charge in [-0.05, 0) is 33.1 Å². The second-order valence-corrected chi connectivity index (χ2v) is 5.23. The molecular formula is C13H24N2O4. The molecule has 2 N–H and O–H groups in total. The number of piperidine rings is 1. The maximum atomic E-state index is 12.5. The lowest BCUT2D eigenvalue weighted by molar-refractivity contribution is -0.138. The lowest BCUT2D eigenvalue weighted by Crippen LogP contribution is -2.53. The molecular weight excluding hydrogens is 248 g/mol. The number of rotatable bonds is 5. The molecule has 1 saturated heterocycles. The van der Waals surface area contributed by atoms with E-state index in [9.17, 15) is 9.59 Å². The summed E-state index contributed by atoms with van der Waals surface area (Å²) in [4.78, 5) is 26.6. The molecule has 1 aliphatic rings. The summed E-state index contributed by atoms with van der Waals surface area (Å²) in [6, 6.07) is -0.388. The van der Waals surface area contributed by atoms with Gasteiger partial charge in [0.1, 0.15) is 0 Å². The van der Waals surface area contributed by atoms with E-state index in [1.165, 1.54) is 0 Å². The molecule has 1 atom stereocenters. The molecule has 6 nitrogen and oxygen atoms in total. The standard InChI is InChI=1S/C13H24N2O4/c1-10(2)14(7-8-16)13(19)15-6-4-3-5-11(15)9-12(17)18/h10-11,16H,3-9H2,1-2H3,(H,17,18). The van der Waals surface area contributed by atoms with E-state index < -0.39 is 5.97 Å². The minimum atomic E-state index is -0.872. The summed E-state index contributed by atoms with van der Waals surface area (Å²) >= 11 is 0. The highest BCUT2D eigenvalue weighted by molar-refractivity contribution is 5.76. The Morgan fingerprint density at radius 1 is 1.37 bits per heavy atom. The molecule has 110 valence electrons. The second-order valence-electron chi connectivity index (χ2n) is 5.23. The fourth-order valence-electron chi connectivity index (χ4n) is 2.51. The lowest BCUT2D eigenvalue weighted by atomic mass is 9.99. The molecule has 1 rings (SSSR count). The zero-order valence-electron chi connectivity index (χ0n) is 11.7. The molecule has 0 bridgehead atoms. The molecule has 0 aromatic carbocycles. The average molecular weight is 272 g/mol. The van der Waals surface area contributed by atoms with Crippen molar-refractivity contribution in [2.45, 2.75) is 51.6 Å². The SMILES string of the molecule is CC(C)N(CCO)C(=O)N1CCCCC1CC(=O)O. The first-order valence-electron chi connectivity index (χ1n) is 6.87. The van der Waals surface area contributed by atoms with Crippen LogP contribution in [0.15, 0.2) is 0 Å². The van der Waals surface area contributed by atoms with Crippen LogP contribution in [0.1, 0.15) is 39.5 Å². The molecule has 0 radical (unpaired) electrons. The number of hydrogen-bond acceptors (Lipinski definition) is 3. The zero-order valence-corrected chi connectivity index (χ0v) is 11.7. The van der Waals surface area contributed by atoms with Gasteiger partial charge in [-0.2, -0.15) is 0 Å². The van der Waals surface area contributed by atoms with Crippen molar-refractivity contribution in [1.82, 2.24) is 9.80 Å². The van der Waals surface area contributed by atoms with Crippen LogP contribution in [0.3, 0.4) is 0 Å². The summed E-state index contributed by atoms with van der Waals surface area (Å²) in [5.41, 5.74) is 0. The number of aliphatic hydroxyl groups is 1. The van der Waals surface area contributed by atoms with Gasteiger partial charge in [-0.1, -0.05) is 0 Å². The first-order valence-corrected chi connectivity index (χ1v) is 6.87. The first kappa shape index (κ1) is 15.8. The number of aliphatic hydroxyl groups excluding tert-OH is 1. The van der Waals surface area contributed by atoms with Gasteiger partial charge in [0.05, 0.1) is 13.0 Å². The van der Waals surface area contributed by atoms with Crippen LogP contribution < -0.4 is 0 Å². The van der Waals surface area contributed by atoms with E-state index in [0.717, 1.165) is 19.3 Å². The van der Waals surface area contributed by atoms with Gasteiger partial charge in [0.25, 0.3) is 0 Å². The summed E-state index contributed by atoms with van der Waals surface area (Å²) in [7, 11) is 0. The number of urea groups is 1.